The molecule has 104 valence electrons. The minimum atomic E-state index is -0.0665. The van der Waals surface area contributed by atoms with E-state index in [0.29, 0.717) is 0 Å². The number of benzene rings is 1. The largest absolute Gasteiger partial charge is 0.374 e. The van der Waals surface area contributed by atoms with E-state index in [4.69, 9.17) is 4.74 Å². The number of ether oxygens (including phenoxy) is 1. The summed E-state index contributed by atoms with van der Waals surface area (Å²) in [6.45, 7) is 8.81. The van der Waals surface area contributed by atoms with E-state index in [1.54, 1.807) is 0 Å². The van der Waals surface area contributed by atoms with Crippen molar-refractivity contribution >= 4 is 10.9 Å². The Hall–Kier alpha value is -1.32. The molecule has 0 aliphatic carbocycles. The van der Waals surface area contributed by atoms with E-state index in [1.165, 1.54) is 16.5 Å². The van der Waals surface area contributed by atoms with E-state index in [2.05, 4.69) is 61.1 Å². The lowest BCUT2D eigenvalue weighted by Gasteiger charge is -2.19. The van der Waals surface area contributed by atoms with E-state index in [9.17, 15) is 0 Å². The lowest BCUT2D eigenvalue weighted by Crippen LogP contribution is -2.21. The van der Waals surface area contributed by atoms with Crippen LogP contribution in [-0.2, 0) is 17.8 Å². The SMILES string of the molecule is CNCc1ccc2c(ccn2CCOC(C)(C)C)c1. The summed E-state index contributed by atoms with van der Waals surface area (Å²) in [6, 6.07) is 8.79. The quantitative estimate of drug-likeness (QED) is 0.893. The molecule has 0 unspecified atom stereocenters. The van der Waals surface area contributed by atoms with Gasteiger partial charge in [-0.15, -0.1) is 0 Å². The first-order chi connectivity index (χ1) is 8.99. The van der Waals surface area contributed by atoms with Gasteiger partial charge in [-0.05, 0) is 57.0 Å². The Kier molecular flexibility index (Phi) is 4.27. The molecule has 0 amide bonds. The Morgan fingerprint density at radius 1 is 1.21 bits per heavy atom. The summed E-state index contributed by atoms with van der Waals surface area (Å²) in [5, 5.41) is 4.47. The molecule has 1 aromatic carbocycles. The zero-order valence-electron chi connectivity index (χ0n) is 12.4. The molecule has 2 aromatic rings. The summed E-state index contributed by atoms with van der Waals surface area (Å²) in [5.74, 6) is 0. The third kappa shape index (κ3) is 3.82. The molecule has 3 heteroatoms. The Bertz CT molecular complexity index is 537. The van der Waals surface area contributed by atoms with E-state index in [-0.39, 0.29) is 5.60 Å². The highest BCUT2D eigenvalue weighted by Crippen LogP contribution is 2.18. The molecular weight excluding hydrogens is 236 g/mol. The topological polar surface area (TPSA) is 26.2 Å². The number of rotatable bonds is 5. The monoisotopic (exact) mass is 260 g/mol. The molecule has 0 saturated carbocycles. The van der Waals surface area contributed by atoms with Crippen molar-refractivity contribution in [1.29, 1.82) is 0 Å². The second-order valence-corrected chi connectivity index (χ2v) is 5.89. The van der Waals surface area contributed by atoms with Crippen LogP contribution in [0, 0.1) is 0 Å². The number of aromatic nitrogens is 1. The van der Waals surface area contributed by atoms with Gasteiger partial charge in [0.25, 0.3) is 0 Å². The van der Waals surface area contributed by atoms with Crippen molar-refractivity contribution in [1.82, 2.24) is 9.88 Å². The van der Waals surface area contributed by atoms with Crippen molar-refractivity contribution in [3.8, 4) is 0 Å². The summed E-state index contributed by atoms with van der Waals surface area (Å²) in [5.41, 5.74) is 2.53. The van der Waals surface area contributed by atoms with Crippen LogP contribution in [0.4, 0.5) is 0 Å². The van der Waals surface area contributed by atoms with Crippen LogP contribution in [0.3, 0.4) is 0 Å². The van der Waals surface area contributed by atoms with Gasteiger partial charge in [0.2, 0.25) is 0 Å². The van der Waals surface area contributed by atoms with E-state index < -0.39 is 0 Å². The zero-order valence-corrected chi connectivity index (χ0v) is 12.4. The van der Waals surface area contributed by atoms with Crippen LogP contribution in [0.5, 0.6) is 0 Å². The van der Waals surface area contributed by atoms with Crippen molar-refractivity contribution in [3.05, 3.63) is 36.0 Å². The summed E-state index contributed by atoms with van der Waals surface area (Å²) in [6.07, 6.45) is 2.14. The highest BCUT2D eigenvalue weighted by Gasteiger charge is 2.10. The first kappa shape index (κ1) is 14.1. The van der Waals surface area contributed by atoms with Crippen molar-refractivity contribution in [2.75, 3.05) is 13.7 Å². The molecule has 0 aliphatic heterocycles. The van der Waals surface area contributed by atoms with Crippen LogP contribution in [0.1, 0.15) is 26.3 Å². The van der Waals surface area contributed by atoms with Gasteiger partial charge in [-0.2, -0.15) is 0 Å². The molecule has 0 atom stereocenters. The Morgan fingerprint density at radius 2 is 2.00 bits per heavy atom. The Morgan fingerprint density at radius 3 is 2.68 bits per heavy atom. The molecule has 0 saturated heterocycles. The normalized spacial score (nSPS) is 12.2. The fourth-order valence-corrected chi connectivity index (χ4v) is 2.21. The molecule has 0 aliphatic rings. The van der Waals surface area contributed by atoms with E-state index in [1.807, 2.05) is 7.05 Å². The highest BCUT2D eigenvalue weighted by molar-refractivity contribution is 5.80. The molecule has 0 fully saturated rings. The summed E-state index contributed by atoms with van der Waals surface area (Å²) >= 11 is 0. The van der Waals surface area contributed by atoms with Gasteiger partial charge in [-0.25, -0.2) is 0 Å². The van der Waals surface area contributed by atoms with Gasteiger partial charge >= 0.3 is 0 Å². The van der Waals surface area contributed by atoms with Crippen LogP contribution in [-0.4, -0.2) is 23.8 Å². The minimum Gasteiger partial charge on any atom is -0.374 e. The molecule has 1 aromatic heterocycles. The third-order valence-corrected chi connectivity index (χ3v) is 3.08. The van der Waals surface area contributed by atoms with Gasteiger partial charge in [0, 0.05) is 24.8 Å². The fourth-order valence-electron chi connectivity index (χ4n) is 2.21. The fraction of sp³-hybridized carbons (Fsp3) is 0.500. The maximum Gasteiger partial charge on any atom is 0.0652 e. The van der Waals surface area contributed by atoms with Gasteiger partial charge in [0.1, 0.15) is 0 Å². The number of nitrogens with one attached hydrogen (secondary N) is 1. The van der Waals surface area contributed by atoms with Crippen LogP contribution >= 0.6 is 0 Å². The summed E-state index contributed by atoms with van der Waals surface area (Å²) < 4.78 is 8.04. The molecule has 1 N–H and O–H groups in total. The maximum atomic E-state index is 5.78. The zero-order chi connectivity index (χ0) is 13.9. The first-order valence-electron chi connectivity index (χ1n) is 6.86. The van der Waals surface area contributed by atoms with Crippen molar-refractivity contribution < 1.29 is 4.74 Å². The molecule has 19 heavy (non-hydrogen) atoms. The summed E-state index contributed by atoms with van der Waals surface area (Å²) in [7, 11) is 1.97. The summed E-state index contributed by atoms with van der Waals surface area (Å²) in [4.78, 5) is 0. The number of fused-ring (bicyclic) bond motifs is 1. The van der Waals surface area contributed by atoms with Gasteiger partial charge < -0.3 is 14.6 Å². The predicted molar refractivity (Wildman–Crippen MR) is 80.4 cm³/mol. The highest BCUT2D eigenvalue weighted by atomic mass is 16.5. The smallest absolute Gasteiger partial charge is 0.0652 e. The Labute approximate surface area is 115 Å². The van der Waals surface area contributed by atoms with E-state index in [0.717, 1.165) is 19.7 Å². The van der Waals surface area contributed by atoms with Crippen molar-refractivity contribution in [2.24, 2.45) is 0 Å². The third-order valence-electron chi connectivity index (χ3n) is 3.08. The lowest BCUT2D eigenvalue weighted by atomic mass is 10.1. The molecule has 2 rings (SSSR count). The number of hydrogen-bond donors (Lipinski definition) is 1. The van der Waals surface area contributed by atoms with Gasteiger partial charge in [0.15, 0.2) is 0 Å². The van der Waals surface area contributed by atoms with Gasteiger partial charge in [-0.1, -0.05) is 6.07 Å². The molecule has 1 heterocycles. The molecule has 3 nitrogen and oxygen atoms in total. The first-order valence-corrected chi connectivity index (χ1v) is 6.86. The van der Waals surface area contributed by atoms with Crippen molar-refractivity contribution in [3.63, 3.8) is 0 Å². The Balaban J connectivity index is 2.08. The van der Waals surface area contributed by atoms with E-state index >= 15 is 0 Å². The van der Waals surface area contributed by atoms with Crippen LogP contribution in [0.2, 0.25) is 0 Å². The lowest BCUT2D eigenvalue weighted by molar-refractivity contribution is -0.00644. The standard InChI is InChI=1S/C16H24N2O/c1-16(2,3)19-10-9-18-8-7-14-11-13(12-17-4)5-6-15(14)18/h5-8,11,17H,9-10,12H2,1-4H3. The second-order valence-electron chi connectivity index (χ2n) is 5.89. The molecule has 0 radical (unpaired) electrons. The molecular formula is C16H24N2O. The van der Waals surface area contributed by atoms with Crippen molar-refractivity contribution in [2.45, 2.75) is 39.5 Å². The van der Waals surface area contributed by atoms with Crippen LogP contribution < -0.4 is 5.32 Å². The van der Waals surface area contributed by atoms with Crippen LogP contribution in [0.25, 0.3) is 10.9 Å². The maximum absolute atomic E-state index is 5.78. The average Bonchev–Trinajstić information content (AvgIpc) is 2.71. The van der Waals surface area contributed by atoms with Gasteiger partial charge in [-0.3, -0.25) is 0 Å². The predicted octanol–water partition coefficient (Wildman–Crippen LogP) is 3.18. The van der Waals surface area contributed by atoms with Gasteiger partial charge in [0.05, 0.1) is 12.2 Å². The second kappa shape index (κ2) is 5.76. The average molecular weight is 260 g/mol. The molecule has 0 spiro atoms. The molecule has 0 bridgehead atoms. The minimum absolute atomic E-state index is 0.0665. The number of hydrogen-bond acceptors (Lipinski definition) is 2. The number of nitrogens with zero attached hydrogens (tertiary/aromatic N) is 1. The van der Waals surface area contributed by atoms with Crippen LogP contribution in [0.15, 0.2) is 30.5 Å².